The average molecular weight is 322 g/mol. The van der Waals surface area contributed by atoms with Crippen molar-refractivity contribution in [2.75, 3.05) is 18.5 Å². The number of rotatable bonds is 3. The molecule has 1 N–H and O–H groups in total. The largest absolute Gasteiger partial charge is 0.300 e. The van der Waals surface area contributed by atoms with Gasteiger partial charge in [-0.3, -0.25) is 10.3 Å². The third-order valence-electron chi connectivity index (χ3n) is 5.39. The molecular weight excluding hydrogens is 296 g/mol. The molecule has 4 heteroatoms. The fourth-order valence-electron chi connectivity index (χ4n) is 3.97. The molecule has 126 valence electrons. The van der Waals surface area contributed by atoms with Gasteiger partial charge in [0.05, 0.1) is 5.52 Å². The Labute approximate surface area is 144 Å². The van der Waals surface area contributed by atoms with E-state index in [-0.39, 0.29) is 0 Å². The van der Waals surface area contributed by atoms with Crippen LogP contribution in [-0.2, 0) is 0 Å². The van der Waals surface area contributed by atoms with Gasteiger partial charge in [0.1, 0.15) is 5.82 Å². The van der Waals surface area contributed by atoms with E-state index in [0.29, 0.717) is 0 Å². The highest BCUT2D eigenvalue weighted by Gasteiger charge is 2.24. The zero-order valence-electron chi connectivity index (χ0n) is 14.2. The highest BCUT2D eigenvalue weighted by molar-refractivity contribution is 5.86. The van der Waals surface area contributed by atoms with Gasteiger partial charge in [-0.15, -0.1) is 0 Å². The van der Waals surface area contributed by atoms with Gasteiger partial charge in [-0.2, -0.15) is 5.10 Å². The third-order valence-corrected chi connectivity index (χ3v) is 5.39. The van der Waals surface area contributed by atoms with Crippen LogP contribution in [0.5, 0.6) is 0 Å². The van der Waals surface area contributed by atoms with Crippen LogP contribution in [0.15, 0.2) is 41.5 Å². The Balaban J connectivity index is 1.34. The molecule has 1 aliphatic heterocycles. The fraction of sp³-hybridized carbons (Fsp3) is 0.500. The highest BCUT2D eigenvalue weighted by Crippen LogP contribution is 2.24. The molecule has 2 heterocycles. The SMILES string of the molecule is c1ccc2nc(NN=C3CCN(C4CCCCC4)CC3)ccc2c1. The van der Waals surface area contributed by atoms with Gasteiger partial charge in [0.2, 0.25) is 0 Å². The van der Waals surface area contributed by atoms with Gasteiger partial charge < -0.3 is 0 Å². The minimum Gasteiger partial charge on any atom is -0.300 e. The number of anilines is 1. The summed E-state index contributed by atoms with van der Waals surface area (Å²) in [5.41, 5.74) is 5.44. The summed E-state index contributed by atoms with van der Waals surface area (Å²) >= 11 is 0. The van der Waals surface area contributed by atoms with Gasteiger partial charge >= 0.3 is 0 Å². The van der Waals surface area contributed by atoms with Crippen molar-refractivity contribution in [2.24, 2.45) is 5.10 Å². The maximum Gasteiger partial charge on any atom is 0.146 e. The van der Waals surface area contributed by atoms with Crippen LogP contribution in [0, 0.1) is 0 Å². The fourth-order valence-corrected chi connectivity index (χ4v) is 3.97. The lowest BCUT2D eigenvalue weighted by Gasteiger charge is -2.37. The Morgan fingerprint density at radius 3 is 2.58 bits per heavy atom. The van der Waals surface area contributed by atoms with Crippen LogP contribution in [-0.4, -0.2) is 34.7 Å². The Morgan fingerprint density at radius 1 is 0.958 bits per heavy atom. The van der Waals surface area contributed by atoms with Crippen molar-refractivity contribution in [3.8, 4) is 0 Å². The summed E-state index contributed by atoms with van der Waals surface area (Å²) in [4.78, 5) is 7.31. The molecule has 1 aliphatic carbocycles. The van der Waals surface area contributed by atoms with Gasteiger partial charge in [0, 0.05) is 43.1 Å². The molecule has 24 heavy (non-hydrogen) atoms. The lowest BCUT2D eigenvalue weighted by atomic mass is 9.92. The molecule has 0 radical (unpaired) electrons. The van der Waals surface area contributed by atoms with E-state index >= 15 is 0 Å². The number of benzene rings is 1. The van der Waals surface area contributed by atoms with Gasteiger partial charge in [-0.1, -0.05) is 37.5 Å². The second-order valence-electron chi connectivity index (χ2n) is 7.01. The molecule has 2 fully saturated rings. The van der Waals surface area contributed by atoms with Crippen LogP contribution < -0.4 is 5.43 Å². The van der Waals surface area contributed by atoms with Crippen molar-refractivity contribution < 1.29 is 0 Å². The summed E-state index contributed by atoms with van der Waals surface area (Å²) in [5, 5.41) is 5.78. The van der Waals surface area contributed by atoms with Crippen molar-refractivity contribution >= 4 is 22.4 Å². The predicted octanol–water partition coefficient (Wildman–Crippen LogP) is 4.43. The number of piperidine rings is 1. The molecule has 4 nitrogen and oxygen atoms in total. The second kappa shape index (κ2) is 7.31. The van der Waals surface area contributed by atoms with E-state index in [1.54, 1.807) is 0 Å². The number of aromatic nitrogens is 1. The maximum atomic E-state index is 4.62. The summed E-state index contributed by atoms with van der Waals surface area (Å²) in [6.07, 6.45) is 9.21. The first-order valence-electron chi connectivity index (χ1n) is 9.30. The number of nitrogens with one attached hydrogen (secondary N) is 1. The summed E-state index contributed by atoms with van der Waals surface area (Å²) in [7, 11) is 0. The van der Waals surface area contributed by atoms with E-state index in [9.17, 15) is 0 Å². The van der Waals surface area contributed by atoms with Crippen molar-refractivity contribution in [1.82, 2.24) is 9.88 Å². The van der Waals surface area contributed by atoms with Gasteiger partial charge in [0.25, 0.3) is 0 Å². The molecule has 2 aliphatic rings. The highest BCUT2D eigenvalue weighted by atomic mass is 15.3. The molecule has 2 aromatic rings. The van der Waals surface area contributed by atoms with Crippen molar-refractivity contribution in [1.29, 1.82) is 0 Å². The molecular formula is C20H26N4. The Kier molecular flexibility index (Phi) is 4.74. The molecule has 0 atom stereocenters. The predicted molar refractivity (Wildman–Crippen MR) is 100 cm³/mol. The number of hydrogen-bond acceptors (Lipinski definition) is 4. The molecule has 1 saturated carbocycles. The van der Waals surface area contributed by atoms with E-state index in [1.807, 2.05) is 24.3 Å². The molecule has 1 saturated heterocycles. The zero-order chi connectivity index (χ0) is 16.2. The summed E-state index contributed by atoms with van der Waals surface area (Å²) < 4.78 is 0. The van der Waals surface area contributed by atoms with E-state index < -0.39 is 0 Å². The molecule has 0 spiro atoms. The maximum absolute atomic E-state index is 4.62. The van der Waals surface area contributed by atoms with Crippen molar-refractivity contribution in [3.63, 3.8) is 0 Å². The van der Waals surface area contributed by atoms with Crippen LogP contribution in [0.25, 0.3) is 10.9 Å². The summed E-state index contributed by atoms with van der Waals surface area (Å²) in [5.74, 6) is 0.830. The smallest absolute Gasteiger partial charge is 0.146 e. The van der Waals surface area contributed by atoms with Gasteiger partial charge in [-0.25, -0.2) is 4.98 Å². The molecule has 1 aromatic carbocycles. The minimum atomic E-state index is 0.829. The topological polar surface area (TPSA) is 40.5 Å². The van der Waals surface area contributed by atoms with Crippen LogP contribution in [0.3, 0.4) is 0 Å². The van der Waals surface area contributed by atoms with Crippen LogP contribution >= 0.6 is 0 Å². The van der Waals surface area contributed by atoms with Crippen LogP contribution in [0.1, 0.15) is 44.9 Å². The molecule has 4 rings (SSSR count). The lowest BCUT2D eigenvalue weighted by Crippen LogP contribution is -2.42. The quantitative estimate of drug-likeness (QED) is 0.850. The van der Waals surface area contributed by atoms with Crippen LogP contribution in [0.2, 0.25) is 0 Å². The van der Waals surface area contributed by atoms with Gasteiger partial charge in [0.15, 0.2) is 0 Å². The number of fused-ring (bicyclic) bond motifs is 1. The van der Waals surface area contributed by atoms with E-state index in [0.717, 1.165) is 48.7 Å². The monoisotopic (exact) mass is 322 g/mol. The minimum absolute atomic E-state index is 0.829. The Bertz CT molecular complexity index is 708. The third kappa shape index (κ3) is 3.59. The molecule has 0 bridgehead atoms. The van der Waals surface area contributed by atoms with E-state index in [2.05, 4.69) is 32.5 Å². The number of hydrazone groups is 1. The second-order valence-corrected chi connectivity index (χ2v) is 7.01. The summed E-state index contributed by atoms with van der Waals surface area (Å²) in [6, 6.07) is 13.1. The van der Waals surface area contributed by atoms with Crippen molar-refractivity contribution in [3.05, 3.63) is 36.4 Å². The molecule has 1 aromatic heterocycles. The number of hydrogen-bond donors (Lipinski definition) is 1. The number of nitrogens with zero attached hydrogens (tertiary/aromatic N) is 3. The van der Waals surface area contributed by atoms with Crippen molar-refractivity contribution in [2.45, 2.75) is 51.0 Å². The molecule has 0 unspecified atom stereocenters. The first kappa shape index (κ1) is 15.6. The first-order chi connectivity index (χ1) is 11.9. The van der Waals surface area contributed by atoms with Gasteiger partial charge in [-0.05, 0) is 31.0 Å². The lowest BCUT2D eigenvalue weighted by molar-refractivity contribution is 0.156. The standard InChI is InChI=1S/C20H26N4/c1-2-7-18(8-3-1)24-14-12-17(13-15-24)22-23-20-11-10-16-6-4-5-9-19(16)21-20/h4-6,9-11,18H,1-3,7-8,12-15H2,(H,21,23). The van der Waals surface area contributed by atoms with Crippen LogP contribution in [0.4, 0.5) is 5.82 Å². The average Bonchev–Trinajstić information content (AvgIpc) is 2.67. The normalized spacial score (nSPS) is 20.2. The van der Waals surface area contributed by atoms with E-state index in [1.165, 1.54) is 37.8 Å². The first-order valence-corrected chi connectivity index (χ1v) is 9.30. The Morgan fingerprint density at radius 2 is 1.75 bits per heavy atom. The summed E-state index contributed by atoms with van der Waals surface area (Å²) in [6.45, 7) is 2.33. The number of pyridine rings is 1. The zero-order valence-corrected chi connectivity index (χ0v) is 14.2. The number of likely N-dealkylation sites (tertiary alicyclic amines) is 1. The molecule has 0 amide bonds. The van der Waals surface area contributed by atoms with E-state index in [4.69, 9.17) is 0 Å². The Hall–Kier alpha value is -1.94. The number of para-hydroxylation sites is 1.